The molecule has 1 aliphatic carbocycles. The van der Waals surface area contributed by atoms with Crippen LogP contribution in [-0.4, -0.2) is 18.7 Å². The second-order valence-corrected chi connectivity index (χ2v) is 9.73. The highest BCUT2D eigenvalue weighted by atomic mass is 16.5. The Bertz CT molecular complexity index is 1310. The number of anilines is 2. The predicted octanol–water partition coefficient (Wildman–Crippen LogP) is 6.15. The van der Waals surface area contributed by atoms with E-state index in [1.54, 1.807) is 7.11 Å². The Morgan fingerprint density at radius 3 is 2.41 bits per heavy atom. The van der Waals surface area contributed by atoms with Crippen molar-refractivity contribution in [1.29, 1.82) is 0 Å². The number of ketones is 2. The number of benzene rings is 3. The van der Waals surface area contributed by atoms with Crippen LogP contribution in [0.3, 0.4) is 0 Å². The fourth-order valence-corrected chi connectivity index (χ4v) is 4.98. The van der Waals surface area contributed by atoms with Crippen LogP contribution in [-0.2, 0) is 4.79 Å². The van der Waals surface area contributed by atoms with Gasteiger partial charge in [-0.2, -0.15) is 0 Å². The first kappa shape index (κ1) is 22.0. The van der Waals surface area contributed by atoms with E-state index in [9.17, 15) is 9.59 Å². The molecule has 5 rings (SSSR count). The molecule has 1 heterocycles. The quantitative estimate of drug-likeness (QED) is 0.465. The molecule has 34 heavy (non-hydrogen) atoms. The van der Waals surface area contributed by atoms with Gasteiger partial charge in [0.15, 0.2) is 11.6 Å². The van der Waals surface area contributed by atoms with Crippen molar-refractivity contribution in [3.63, 3.8) is 0 Å². The number of carbonyl (C=O) groups excluding carboxylic acids is 2. The van der Waals surface area contributed by atoms with Crippen LogP contribution in [0.2, 0.25) is 0 Å². The third-order valence-electron chi connectivity index (χ3n) is 6.56. The molecular weight excluding hydrogens is 424 g/mol. The summed E-state index contributed by atoms with van der Waals surface area (Å²) in [5.74, 6) is 0.810. The highest BCUT2D eigenvalue weighted by Gasteiger charge is 2.39. The van der Waals surface area contributed by atoms with Gasteiger partial charge in [-0.3, -0.25) is 9.59 Å². The number of ether oxygens (including phenoxy) is 1. The summed E-state index contributed by atoms with van der Waals surface area (Å²) < 4.78 is 5.64. The minimum atomic E-state index is -0.362. The van der Waals surface area contributed by atoms with E-state index < -0.39 is 0 Å². The molecule has 1 atom stereocenters. The van der Waals surface area contributed by atoms with E-state index in [0.717, 1.165) is 40.4 Å². The number of nitrogens with one attached hydrogen (secondary N) is 2. The molecule has 5 heteroatoms. The molecule has 0 saturated carbocycles. The second kappa shape index (κ2) is 8.49. The summed E-state index contributed by atoms with van der Waals surface area (Å²) >= 11 is 0. The van der Waals surface area contributed by atoms with Gasteiger partial charge in [0.25, 0.3) is 0 Å². The monoisotopic (exact) mass is 452 g/mol. The van der Waals surface area contributed by atoms with E-state index >= 15 is 0 Å². The third kappa shape index (κ3) is 3.98. The van der Waals surface area contributed by atoms with Gasteiger partial charge in [-0.25, -0.2) is 0 Å². The molecule has 0 fully saturated rings. The lowest BCUT2D eigenvalue weighted by atomic mass is 9.73. The predicted molar refractivity (Wildman–Crippen MR) is 134 cm³/mol. The number of methoxy groups -OCH3 is 1. The Hall–Kier alpha value is -3.86. The third-order valence-corrected chi connectivity index (χ3v) is 6.56. The second-order valence-electron chi connectivity index (χ2n) is 9.73. The number of carbonyl (C=O) groups is 2. The normalized spacial score (nSPS) is 18.7. The average Bonchev–Trinajstić information content (AvgIpc) is 2.99. The lowest BCUT2D eigenvalue weighted by Gasteiger charge is -2.34. The Labute approximate surface area is 199 Å². The molecule has 0 radical (unpaired) electrons. The number of fused-ring (bicyclic) bond motifs is 1. The summed E-state index contributed by atoms with van der Waals surface area (Å²) in [5.41, 5.74) is 5.24. The molecule has 0 saturated heterocycles. The molecule has 3 aromatic rings. The smallest absolute Gasteiger partial charge is 0.193 e. The van der Waals surface area contributed by atoms with E-state index in [1.807, 2.05) is 72.8 Å². The molecule has 0 unspecified atom stereocenters. The highest BCUT2D eigenvalue weighted by Crippen LogP contribution is 2.47. The molecule has 0 amide bonds. The van der Waals surface area contributed by atoms with Crippen molar-refractivity contribution in [3.8, 4) is 5.75 Å². The van der Waals surface area contributed by atoms with Crippen molar-refractivity contribution in [2.45, 2.75) is 32.7 Å². The van der Waals surface area contributed by atoms with Crippen LogP contribution in [0.25, 0.3) is 0 Å². The van der Waals surface area contributed by atoms with Gasteiger partial charge in [0, 0.05) is 34.4 Å². The van der Waals surface area contributed by atoms with Crippen LogP contribution in [0, 0.1) is 5.41 Å². The zero-order valence-electron chi connectivity index (χ0n) is 19.6. The average molecular weight is 453 g/mol. The van der Waals surface area contributed by atoms with E-state index in [4.69, 9.17) is 4.74 Å². The number of para-hydroxylation sites is 1. The maximum Gasteiger partial charge on any atom is 0.193 e. The van der Waals surface area contributed by atoms with Crippen LogP contribution < -0.4 is 15.4 Å². The molecule has 3 aromatic carbocycles. The summed E-state index contributed by atoms with van der Waals surface area (Å²) in [7, 11) is 1.64. The SMILES string of the molecule is COc1ccccc1[C@@H]1Nc2ccc(C(=O)c3ccccc3)cc2NC2=C1C(=O)CC(C)(C)C2. The fraction of sp³-hybridized carbons (Fsp3) is 0.241. The number of rotatable bonds is 4. The molecule has 1 aliphatic heterocycles. The summed E-state index contributed by atoms with van der Waals surface area (Å²) in [6, 6.07) is 22.3. The number of allylic oxidation sites excluding steroid dienone is 1. The molecule has 172 valence electrons. The Morgan fingerprint density at radius 1 is 0.912 bits per heavy atom. The van der Waals surface area contributed by atoms with E-state index in [1.165, 1.54) is 0 Å². The minimum Gasteiger partial charge on any atom is -0.496 e. The summed E-state index contributed by atoms with van der Waals surface area (Å²) in [5, 5.41) is 7.12. The molecule has 0 spiro atoms. The first-order valence-electron chi connectivity index (χ1n) is 11.5. The summed E-state index contributed by atoms with van der Waals surface area (Å²) in [6.07, 6.45) is 1.21. The lowest BCUT2D eigenvalue weighted by molar-refractivity contribution is -0.118. The van der Waals surface area contributed by atoms with Gasteiger partial charge in [-0.15, -0.1) is 0 Å². The summed E-state index contributed by atoms with van der Waals surface area (Å²) in [4.78, 5) is 26.6. The van der Waals surface area contributed by atoms with Gasteiger partial charge in [0.05, 0.1) is 24.5 Å². The minimum absolute atomic E-state index is 0.0371. The maximum absolute atomic E-state index is 13.5. The van der Waals surface area contributed by atoms with Crippen molar-refractivity contribution in [2.24, 2.45) is 5.41 Å². The largest absolute Gasteiger partial charge is 0.496 e. The van der Waals surface area contributed by atoms with Gasteiger partial charge in [-0.05, 0) is 36.1 Å². The molecule has 0 bridgehead atoms. The Morgan fingerprint density at radius 2 is 1.65 bits per heavy atom. The van der Waals surface area contributed by atoms with E-state index in [2.05, 4.69) is 24.5 Å². The standard InChI is InChI=1S/C29H28N2O3/c1-29(2)16-23-26(24(32)17-29)27(20-11-7-8-12-25(20)34-3)31-21-14-13-19(15-22(21)30-23)28(33)18-9-5-4-6-10-18/h4-15,27,30-31H,16-17H2,1-3H3/t27-/m0/s1. The fourth-order valence-electron chi connectivity index (χ4n) is 4.98. The molecule has 0 aromatic heterocycles. The van der Waals surface area contributed by atoms with Crippen LogP contribution in [0.5, 0.6) is 5.75 Å². The highest BCUT2D eigenvalue weighted by molar-refractivity contribution is 6.10. The first-order chi connectivity index (χ1) is 16.4. The Balaban J connectivity index is 1.63. The van der Waals surface area contributed by atoms with Crippen LogP contribution >= 0.6 is 0 Å². The van der Waals surface area contributed by atoms with E-state index in [0.29, 0.717) is 17.5 Å². The van der Waals surface area contributed by atoms with Gasteiger partial charge >= 0.3 is 0 Å². The molecule has 2 aliphatic rings. The number of hydrogen-bond acceptors (Lipinski definition) is 5. The Kier molecular flexibility index (Phi) is 5.48. The topological polar surface area (TPSA) is 67.4 Å². The zero-order chi connectivity index (χ0) is 23.9. The number of hydrogen-bond donors (Lipinski definition) is 2. The van der Waals surface area contributed by atoms with Gasteiger partial charge in [0.2, 0.25) is 0 Å². The van der Waals surface area contributed by atoms with Crippen molar-refractivity contribution in [2.75, 3.05) is 17.7 Å². The molecule has 2 N–H and O–H groups in total. The van der Waals surface area contributed by atoms with Gasteiger partial charge in [0.1, 0.15) is 5.75 Å². The molecule has 5 nitrogen and oxygen atoms in total. The van der Waals surface area contributed by atoms with Crippen molar-refractivity contribution >= 4 is 22.9 Å². The first-order valence-corrected chi connectivity index (χ1v) is 11.5. The van der Waals surface area contributed by atoms with Crippen LogP contribution in [0.4, 0.5) is 11.4 Å². The number of Topliss-reactive ketones (excluding diaryl/α,β-unsaturated/α-hetero) is 1. The van der Waals surface area contributed by atoms with Crippen molar-refractivity contribution < 1.29 is 14.3 Å². The molecular formula is C29H28N2O3. The van der Waals surface area contributed by atoms with Gasteiger partial charge in [-0.1, -0.05) is 62.4 Å². The van der Waals surface area contributed by atoms with Crippen molar-refractivity contribution in [1.82, 2.24) is 0 Å². The van der Waals surface area contributed by atoms with Crippen LogP contribution in [0.15, 0.2) is 84.1 Å². The van der Waals surface area contributed by atoms with Crippen molar-refractivity contribution in [3.05, 3.63) is 101 Å². The summed E-state index contributed by atoms with van der Waals surface area (Å²) in [6.45, 7) is 4.23. The maximum atomic E-state index is 13.5. The van der Waals surface area contributed by atoms with E-state index in [-0.39, 0.29) is 23.0 Å². The van der Waals surface area contributed by atoms with Crippen LogP contribution in [0.1, 0.15) is 54.2 Å². The zero-order valence-corrected chi connectivity index (χ0v) is 19.6. The lowest BCUT2D eigenvalue weighted by Crippen LogP contribution is -2.31. The van der Waals surface area contributed by atoms with Gasteiger partial charge < -0.3 is 15.4 Å².